The summed E-state index contributed by atoms with van der Waals surface area (Å²) < 4.78 is 13.8. The number of aromatic nitrogens is 1. The predicted octanol–water partition coefficient (Wildman–Crippen LogP) is 3.91. The first-order valence-electron chi connectivity index (χ1n) is 6.46. The lowest BCUT2D eigenvalue weighted by Crippen LogP contribution is -2.22. The van der Waals surface area contributed by atoms with Gasteiger partial charge in [-0.15, -0.1) is 11.3 Å². The second-order valence-corrected chi connectivity index (χ2v) is 5.92. The Balaban J connectivity index is 2.44. The van der Waals surface area contributed by atoms with Crippen LogP contribution in [-0.4, -0.2) is 11.5 Å². The van der Waals surface area contributed by atoms with Crippen LogP contribution < -0.4 is 5.32 Å². The molecule has 1 aromatic heterocycles. The third kappa shape index (κ3) is 3.01. The van der Waals surface area contributed by atoms with Crippen molar-refractivity contribution in [1.29, 1.82) is 0 Å². The van der Waals surface area contributed by atoms with Gasteiger partial charge in [0.25, 0.3) is 0 Å². The van der Waals surface area contributed by atoms with Crippen LogP contribution in [0.2, 0.25) is 0 Å². The molecule has 4 heteroatoms. The van der Waals surface area contributed by atoms with Crippen LogP contribution in [-0.2, 0) is 0 Å². The molecule has 0 aliphatic carbocycles. The SMILES string of the molecule is CCNC(c1ccc(C)c(F)c1)c1sc(C)nc1C. The van der Waals surface area contributed by atoms with Crippen LogP contribution in [0.3, 0.4) is 0 Å². The number of thiazole rings is 1. The van der Waals surface area contributed by atoms with E-state index in [9.17, 15) is 4.39 Å². The molecule has 0 bridgehead atoms. The molecule has 2 aromatic rings. The second-order valence-electron chi connectivity index (χ2n) is 4.68. The van der Waals surface area contributed by atoms with Crippen molar-refractivity contribution in [3.8, 4) is 0 Å². The third-order valence-corrected chi connectivity index (χ3v) is 4.28. The molecule has 2 nitrogen and oxygen atoms in total. The van der Waals surface area contributed by atoms with E-state index in [0.29, 0.717) is 5.56 Å². The molecule has 0 spiro atoms. The molecule has 1 heterocycles. The number of aryl methyl sites for hydroxylation is 3. The second kappa shape index (κ2) is 5.80. The van der Waals surface area contributed by atoms with Crippen molar-refractivity contribution in [2.24, 2.45) is 0 Å². The van der Waals surface area contributed by atoms with Crippen LogP contribution in [0, 0.1) is 26.6 Å². The van der Waals surface area contributed by atoms with Gasteiger partial charge in [-0.05, 0) is 44.5 Å². The van der Waals surface area contributed by atoms with Crippen molar-refractivity contribution in [2.75, 3.05) is 6.54 Å². The molecule has 19 heavy (non-hydrogen) atoms. The molecule has 0 saturated heterocycles. The van der Waals surface area contributed by atoms with E-state index in [4.69, 9.17) is 0 Å². The fourth-order valence-corrected chi connectivity index (χ4v) is 3.20. The first kappa shape index (κ1) is 14.2. The first-order chi connectivity index (χ1) is 9.02. The quantitative estimate of drug-likeness (QED) is 0.917. The molecule has 1 atom stereocenters. The van der Waals surface area contributed by atoms with Crippen LogP contribution in [0.1, 0.15) is 39.7 Å². The monoisotopic (exact) mass is 278 g/mol. The van der Waals surface area contributed by atoms with Crippen molar-refractivity contribution in [3.05, 3.63) is 50.7 Å². The highest BCUT2D eigenvalue weighted by Crippen LogP contribution is 2.30. The smallest absolute Gasteiger partial charge is 0.126 e. The standard InChI is InChI=1S/C15H19FN2S/c1-5-17-14(15-10(3)18-11(4)19-15)12-7-6-9(2)13(16)8-12/h6-8,14,17H,5H2,1-4H3. The maximum Gasteiger partial charge on any atom is 0.126 e. The van der Waals surface area contributed by atoms with E-state index < -0.39 is 0 Å². The summed E-state index contributed by atoms with van der Waals surface area (Å²) in [4.78, 5) is 5.63. The number of hydrogen-bond donors (Lipinski definition) is 1. The van der Waals surface area contributed by atoms with Gasteiger partial charge in [0, 0.05) is 4.88 Å². The maximum atomic E-state index is 13.8. The van der Waals surface area contributed by atoms with Crippen molar-refractivity contribution in [2.45, 2.75) is 33.7 Å². The molecule has 0 aliphatic heterocycles. The third-order valence-electron chi connectivity index (χ3n) is 3.14. The lowest BCUT2D eigenvalue weighted by atomic mass is 10.0. The van der Waals surface area contributed by atoms with Gasteiger partial charge >= 0.3 is 0 Å². The molecule has 102 valence electrons. The van der Waals surface area contributed by atoms with Crippen molar-refractivity contribution < 1.29 is 4.39 Å². The van der Waals surface area contributed by atoms with Crippen LogP contribution in [0.4, 0.5) is 4.39 Å². The summed E-state index contributed by atoms with van der Waals surface area (Å²) in [7, 11) is 0. The predicted molar refractivity (Wildman–Crippen MR) is 78.2 cm³/mol. The van der Waals surface area contributed by atoms with Crippen molar-refractivity contribution in [1.82, 2.24) is 10.3 Å². The van der Waals surface area contributed by atoms with Gasteiger partial charge in [0.15, 0.2) is 0 Å². The fraction of sp³-hybridized carbons (Fsp3) is 0.400. The van der Waals surface area contributed by atoms with Gasteiger partial charge in [0.2, 0.25) is 0 Å². The molecular formula is C15H19FN2S. The number of nitrogens with zero attached hydrogens (tertiary/aromatic N) is 1. The van der Waals surface area contributed by atoms with E-state index in [1.165, 1.54) is 4.88 Å². The lowest BCUT2D eigenvalue weighted by molar-refractivity contribution is 0.599. The van der Waals surface area contributed by atoms with E-state index in [-0.39, 0.29) is 11.9 Å². The maximum absolute atomic E-state index is 13.8. The van der Waals surface area contributed by atoms with E-state index in [0.717, 1.165) is 22.8 Å². The summed E-state index contributed by atoms with van der Waals surface area (Å²) in [6, 6.07) is 5.46. The summed E-state index contributed by atoms with van der Waals surface area (Å²) in [6.07, 6.45) is 0. The molecule has 1 aromatic carbocycles. The minimum Gasteiger partial charge on any atom is -0.306 e. The number of nitrogens with one attached hydrogen (secondary N) is 1. The van der Waals surface area contributed by atoms with Gasteiger partial charge in [0.05, 0.1) is 16.7 Å². The van der Waals surface area contributed by atoms with Crippen LogP contribution in [0.25, 0.3) is 0 Å². The Kier molecular flexibility index (Phi) is 4.32. The Labute approximate surface area is 117 Å². The van der Waals surface area contributed by atoms with Gasteiger partial charge in [-0.2, -0.15) is 0 Å². The topological polar surface area (TPSA) is 24.9 Å². The molecule has 0 aliphatic rings. The molecular weight excluding hydrogens is 259 g/mol. The summed E-state index contributed by atoms with van der Waals surface area (Å²) in [5, 5.41) is 4.46. The normalized spacial score (nSPS) is 12.7. The van der Waals surface area contributed by atoms with Gasteiger partial charge in [-0.25, -0.2) is 9.37 Å². The minimum atomic E-state index is -0.153. The summed E-state index contributed by atoms with van der Waals surface area (Å²) >= 11 is 1.67. The Bertz CT molecular complexity index is 578. The number of halogens is 1. The molecule has 0 radical (unpaired) electrons. The number of hydrogen-bond acceptors (Lipinski definition) is 3. The Morgan fingerprint density at radius 2 is 2.05 bits per heavy atom. The zero-order valence-corrected chi connectivity index (χ0v) is 12.6. The summed E-state index contributed by atoms with van der Waals surface area (Å²) in [6.45, 7) is 8.68. The van der Waals surface area contributed by atoms with E-state index >= 15 is 0 Å². The average Bonchev–Trinajstić information content (AvgIpc) is 2.69. The van der Waals surface area contributed by atoms with Crippen LogP contribution in [0.5, 0.6) is 0 Å². The molecule has 0 amide bonds. The molecule has 1 unspecified atom stereocenters. The van der Waals surface area contributed by atoms with Gasteiger partial charge in [0.1, 0.15) is 5.82 Å². The summed E-state index contributed by atoms with van der Waals surface area (Å²) in [5.41, 5.74) is 2.65. The zero-order chi connectivity index (χ0) is 14.0. The number of rotatable bonds is 4. The Morgan fingerprint density at radius 3 is 2.58 bits per heavy atom. The van der Waals surface area contributed by atoms with Crippen LogP contribution >= 0.6 is 11.3 Å². The summed E-state index contributed by atoms with van der Waals surface area (Å²) in [5.74, 6) is -0.153. The minimum absolute atomic E-state index is 0.0197. The Hall–Kier alpha value is -1.26. The molecule has 1 N–H and O–H groups in total. The highest BCUT2D eigenvalue weighted by atomic mass is 32.1. The largest absolute Gasteiger partial charge is 0.306 e. The van der Waals surface area contributed by atoms with Crippen molar-refractivity contribution in [3.63, 3.8) is 0 Å². The van der Waals surface area contributed by atoms with E-state index in [1.807, 2.05) is 26.0 Å². The number of benzene rings is 1. The van der Waals surface area contributed by atoms with Gasteiger partial charge < -0.3 is 5.32 Å². The molecule has 2 rings (SSSR count). The van der Waals surface area contributed by atoms with Crippen LogP contribution in [0.15, 0.2) is 18.2 Å². The lowest BCUT2D eigenvalue weighted by Gasteiger charge is -2.18. The van der Waals surface area contributed by atoms with E-state index in [2.05, 4.69) is 17.2 Å². The Morgan fingerprint density at radius 1 is 1.32 bits per heavy atom. The first-order valence-corrected chi connectivity index (χ1v) is 7.28. The average molecular weight is 278 g/mol. The highest BCUT2D eigenvalue weighted by Gasteiger charge is 2.19. The van der Waals surface area contributed by atoms with Gasteiger partial charge in [-0.3, -0.25) is 0 Å². The van der Waals surface area contributed by atoms with Crippen molar-refractivity contribution >= 4 is 11.3 Å². The zero-order valence-electron chi connectivity index (χ0n) is 11.7. The molecule has 0 fully saturated rings. The van der Waals surface area contributed by atoms with E-state index in [1.54, 1.807) is 24.3 Å². The molecule has 0 saturated carbocycles. The highest BCUT2D eigenvalue weighted by molar-refractivity contribution is 7.11. The fourth-order valence-electron chi connectivity index (χ4n) is 2.17. The van der Waals surface area contributed by atoms with Gasteiger partial charge in [-0.1, -0.05) is 19.1 Å².